The van der Waals surface area contributed by atoms with Crippen molar-refractivity contribution in [2.45, 2.75) is 38.6 Å². The van der Waals surface area contributed by atoms with Crippen LogP contribution in [0.2, 0.25) is 0 Å². The number of likely N-dealkylation sites (N-methyl/N-ethyl adjacent to an activating group) is 2. The Morgan fingerprint density at radius 1 is 1.39 bits per heavy atom. The van der Waals surface area contributed by atoms with Crippen LogP contribution < -0.4 is 4.90 Å². The Labute approximate surface area is 112 Å². The van der Waals surface area contributed by atoms with Gasteiger partial charge in [-0.2, -0.15) is 0 Å². The molecule has 1 aliphatic heterocycles. The van der Waals surface area contributed by atoms with Gasteiger partial charge < -0.3 is 9.80 Å². The van der Waals surface area contributed by atoms with E-state index in [1.807, 2.05) is 0 Å². The Bertz CT molecular complexity index is 375. The molecular weight excluding hydrogens is 220 g/mol. The van der Waals surface area contributed by atoms with Gasteiger partial charge in [0.15, 0.2) is 0 Å². The number of hydrogen-bond donors (Lipinski definition) is 0. The predicted octanol–water partition coefficient (Wildman–Crippen LogP) is 3.17. The molecule has 1 heterocycles. The highest BCUT2D eigenvalue weighted by molar-refractivity contribution is 5.49. The van der Waals surface area contributed by atoms with Gasteiger partial charge in [0.1, 0.15) is 0 Å². The van der Waals surface area contributed by atoms with E-state index in [0.29, 0.717) is 6.04 Å². The van der Waals surface area contributed by atoms with Crippen molar-refractivity contribution in [3.8, 4) is 0 Å². The lowest BCUT2D eigenvalue weighted by Crippen LogP contribution is -2.33. The standard InChI is InChI=1S/C16H26N2/c1-4-5-7-14-8-6-9-15(12-14)18(3)16-10-11-17(2)13-16/h6,8-9,12,16H,4-5,7,10-11,13H2,1-3H3. The van der Waals surface area contributed by atoms with Gasteiger partial charge in [0.2, 0.25) is 0 Å². The van der Waals surface area contributed by atoms with Crippen LogP contribution in [0.25, 0.3) is 0 Å². The van der Waals surface area contributed by atoms with Gasteiger partial charge in [-0.15, -0.1) is 0 Å². The van der Waals surface area contributed by atoms with E-state index in [1.165, 1.54) is 50.0 Å². The molecule has 1 unspecified atom stereocenters. The van der Waals surface area contributed by atoms with Crippen LogP contribution in [-0.2, 0) is 6.42 Å². The molecule has 0 N–H and O–H groups in total. The largest absolute Gasteiger partial charge is 0.370 e. The minimum Gasteiger partial charge on any atom is -0.370 e. The summed E-state index contributed by atoms with van der Waals surface area (Å²) in [6.45, 7) is 4.67. The number of benzene rings is 1. The van der Waals surface area contributed by atoms with Crippen molar-refractivity contribution in [1.82, 2.24) is 4.90 Å². The van der Waals surface area contributed by atoms with Gasteiger partial charge in [-0.25, -0.2) is 0 Å². The van der Waals surface area contributed by atoms with Crippen LogP contribution in [0.1, 0.15) is 31.7 Å². The summed E-state index contributed by atoms with van der Waals surface area (Å²) in [4.78, 5) is 4.88. The minimum absolute atomic E-state index is 0.677. The smallest absolute Gasteiger partial charge is 0.0425 e. The molecule has 0 radical (unpaired) electrons. The molecule has 1 aromatic rings. The second-order valence-corrected chi connectivity index (χ2v) is 5.59. The minimum atomic E-state index is 0.677. The summed E-state index contributed by atoms with van der Waals surface area (Å²) in [5.74, 6) is 0. The van der Waals surface area contributed by atoms with E-state index >= 15 is 0 Å². The number of rotatable bonds is 5. The maximum Gasteiger partial charge on any atom is 0.0425 e. The monoisotopic (exact) mass is 246 g/mol. The van der Waals surface area contributed by atoms with Crippen LogP contribution in [-0.4, -0.2) is 38.1 Å². The quantitative estimate of drug-likeness (QED) is 0.787. The average Bonchev–Trinajstić information content (AvgIpc) is 2.82. The Morgan fingerprint density at radius 2 is 2.22 bits per heavy atom. The molecule has 0 amide bonds. The topological polar surface area (TPSA) is 6.48 Å². The van der Waals surface area contributed by atoms with E-state index in [1.54, 1.807) is 0 Å². The van der Waals surface area contributed by atoms with Crippen molar-refractivity contribution in [2.24, 2.45) is 0 Å². The lowest BCUT2D eigenvalue weighted by atomic mass is 10.1. The highest BCUT2D eigenvalue weighted by Crippen LogP contribution is 2.22. The number of hydrogen-bond acceptors (Lipinski definition) is 2. The van der Waals surface area contributed by atoms with E-state index in [-0.39, 0.29) is 0 Å². The summed E-state index contributed by atoms with van der Waals surface area (Å²) >= 11 is 0. The molecule has 0 saturated carbocycles. The first-order chi connectivity index (χ1) is 8.70. The molecule has 2 rings (SSSR count). The van der Waals surface area contributed by atoms with E-state index in [4.69, 9.17) is 0 Å². The third-order valence-corrected chi connectivity index (χ3v) is 4.05. The first-order valence-corrected chi connectivity index (χ1v) is 7.21. The van der Waals surface area contributed by atoms with Gasteiger partial charge in [-0.1, -0.05) is 25.5 Å². The highest BCUT2D eigenvalue weighted by atomic mass is 15.2. The maximum absolute atomic E-state index is 2.46. The van der Waals surface area contributed by atoms with Crippen LogP contribution in [0.3, 0.4) is 0 Å². The molecule has 0 bridgehead atoms. The molecule has 0 spiro atoms. The highest BCUT2D eigenvalue weighted by Gasteiger charge is 2.23. The summed E-state index contributed by atoms with van der Waals surface area (Å²) in [6.07, 6.45) is 5.06. The van der Waals surface area contributed by atoms with Crippen molar-refractivity contribution in [3.05, 3.63) is 29.8 Å². The fourth-order valence-corrected chi connectivity index (χ4v) is 2.75. The zero-order valence-electron chi connectivity index (χ0n) is 12.0. The molecule has 1 atom stereocenters. The Morgan fingerprint density at radius 3 is 2.89 bits per heavy atom. The number of anilines is 1. The molecule has 1 fully saturated rings. The number of aryl methyl sites for hydroxylation is 1. The summed E-state index contributed by atoms with van der Waals surface area (Å²) in [6, 6.07) is 9.75. The number of nitrogens with zero attached hydrogens (tertiary/aromatic N) is 2. The van der Waals surface area contributed by atoms with Gasteiger partial charge >= 0.3 is 0 Å². The third kappa shape index (κ3) is 3.26. The fraction of sp³-hybridized carbons (Fsp3) is 0.625. The first kappa shape index (κ1) is 13.4. The van der Waals surface area contributed by atoms with Crippen LogP contribution in [0, 0.1) is 0 Å². The lowest BCUT2D eigenvalue weighted by molar-refractivity contribution is 0.409. The Hall–Kier alpha value is -1.02. The molecule has 1 aromatic carbocycles. The number of likely N-dealkylation sites (tertiary alicyclic amines) is 1. The van der Waals surface area contributed by atoms with Crippen LogP contribution >= 0.6 is 0 Å². The summed E-state index contributed by atoms with van der Waals surface area (Å²) in [7, 11) is 4.45. The summed E-state index contributed by atoms with van der Waals surface area (Å²) < 4.78 is 0. The molecular formula is C16H26N2. The molecule has 1 saturated heterocycles. The van der Waals surface area contributed by atoms with E-state index in [9.17, 15) is 0 Å². The molecule has 100 valence electrons. The lowest BCUT2D eigenvalue weighted by Gasteiger charge is -2.27. The zero-order chi connectivity index (χ0) is 13.0. The molecule has 0 aromatic heterocycles. The Kier molecular flexibility index (Phi) is 4.65. The van der Waals surface area contributed by atoms with Crippen molar-refractivity contribution in [1.29, 1.82) is 0 Å². The van der Waals surface area contributed by atoms with Gasteiger partial charge in [0.05, 0.1) is 0 Å². The molecule has 2 nitrogen and oxygen atoms in total. The molecule has 1 aliphatic rings. The maximum atomic E-state index is 2.46. The third-order valence-electron chi connectivity index (χ3n) is 4.05. The van der Waals surface area contributed by atoms with Crippen molar-refractivity contribution in [3.63, 3.8) is 0 Å². The van der Waals surface area contributed by atoms with Crippen LogP contribution in [0.15, 0.2) is 24.3 Å². The summed E-state index contributed by atoms with van der Waals surface area (Å²) in [5, 5.41) is 0. The van der Waals surface area contributed by atoms with Crippen LogP contribution in [0.4, 0.5) is 5.69 Å². The van der Waals surface area contributed by atoms with Gasteiger partial charge in [-0.05, 0) is 50.6 Å². The van der Waals surface area contributed by atoms with Gasteiger partial charge in [0, 0.05) is 25.3 Å². The first-order valence-electron chi connectivity index (χ1n) is 7.21. The predicted molar refractivity (Wildman–Crippen MR) is 79.4 cm³/mol. The second-order valence-electron chi connectivity index (χ2n) is 5.59. The van der Waals surface area contributed by atoms with Crippen molar-refractivity contribution < 1.29 is 0 Å². The fourth-order valence-electron chi connectivity index (χ4n) is 2.75. The Balaban J connectivity index is 2.03. The van der Waals surface area contributed by atoms with Crippen molar-refractivity contribution >= 4 is 5.69 Å². The van der Waals surface area contributed by atoms with Crippen molar-refractivity contribution in [2.75, 3.05) is 32.1 Å². The van der Waals surface area contributed by atoms with Gasteiger partial charge in [0.25, 0.3) is 0 Å². The summed E-state index contributed by atoms with van der Waals surface area (Å²) in [5.41, 5.74) is 2.86. The molecule has 2 heteroatoms. The van der Waals surface area contributed by atoms with E-state index in [2.05, 4.69) is 55.1 Å². The molecule has 18 heavy (non-hydrogen) atoms. The second kappa shape index (κ2) is 6.24. The average molecular weight is 246 g/mol. The molecule has 0 aliphatic carbocycles. The van der Waals surface area contributed by atoms with E-state index in [0.717, 1.165) is 0 Å². The number of unbranched alkanes of at least 4 members (excludes halogenated alkanes) is 1. The van der Waals surface area contributed by atoms with E-state index < -0.39 is 0 Å². The SMILES string of the molecule is CCCCc1cccc(N(C)C2CCN(C)C2)c1. The zero-order valence-corrected chi connectivity index (χ0v) is 12.0. The van der Waals surface area contributed by atoms with Crippen LogP contribution in [0.5, 0.6) is 0 Å². The normalized spacial score (nSPS) is 20.3. The van der Waals surface area contributed by atoms with Gasteiger partial charge in [-0.3, -0.25) is 0 Å².